The summed E-state index contributed by atoms with van der Waals surface area (Å²) in [5.74, 6) is 1.58. The highest BCUT2D eigenvalue weighted by molar-refractivity contribution is 6.07. The molecule has 3 aromatic carbocycles. The Bertz CT molecular complexity index is 1150. The minimum absolute atomic E-state index is 0.231. The fourth-order valence-corrected chi connectivity index (χ4v) is 3.50. The van der Waals surface area contributed by atoms with Gasteiger partial charge in [-0.1, -0.05) is 48.6 Å². The van der Waals surface area contributed by atoms with Crippen LogP contribution in [0.3, 0.4) is 0 Å². The number of aromatic nitrogens is 1. The van der Waals surface area contributed by atoms with Gasteiger partial charge in [0.15, 0.2) is 0 Å². The van der Waals surface area contributed by atoms with Gasteiger partial charge >= 0.3 is 0 Å². The number of methoxy groups -OCH3 is 1. The Hall–Kier alpha value is -3.28. The number of aliphatic hydroxyl groups is 1. The van der Waals surface area contributed by atoms with Gasteiger partial charge in [-0.05, 0) is 24.3 Å². The zero-order chi connectivity index (χ0) is 20.8. The van der Waals surface area contributed by atoms with Crippen LogP contribution < -0.4 is 14.8 Å². The normalized spacial score (nSPS) is 12.6. The lowest BCUT2D eigenvalue weighted by atomic mass is 10.1. The topological polar surface area (TPSA) is 66.5 Å². The van der Waals surface area contributed by atoms with Crippen molar-refractivity contribution in [2.75, 3.05) is 26.8 Å². The molecule has 1 aromatic heterocycles. The summed E-state index contributed by atoms with van der Waals surface area (Å²) in [6.45, 7) is 1.33. The largest absolute Gasteiger partial charge is 0.496 e. The molecule has 4 aromatic rings. The number of hydrogen-bond donors (Lipinski definition) is 3. The predicted octanol–water partition coefficient (Wildman–Crippen LogP) is 4.37. The van der Waals surface area contributed by atoms with Crippen molar-refractivity contribution in [1.82, 2.24) is 10.3 Å². The van der Waals surface area contributed by atoms with Crippen molar-refractivity contribution in [3.63, 3.8) is 0 Å². The second-order valence-electron chi connectivity index (χ2n) is 7.15. The molecule has 1 atom stereocenters. The zero-order valence-electron chi connectivity index (χ0n) is 17.0. The Balaban J connectivity index is 1.25. The van der Waals surface area contributed by atoms with Crippen LogP contribution in [0.2, 0.25) is 0 Å². The smallest absolute Gasteiger partial charge is 0.126 e. The van der Waals surface area contributed by atoms with Gasteiger partial charge in [-0.3, -0.25) is 0 Å². The van der Waals surface area contributed by atoms with E-state index in [1.165, 1.54) is 10.8 Å². The highest BCUT2D eigenvalue weighted by atomic mass is 16.5. The molecule has 0 aliphatic rings. The van der Waals surface area contributed by atoms with E-state index in [-0.39, 0.29) is 6.61 Å². The zero-order valence-corrected chi connectivity index (χ0v) is 17.0. The number of nitrogens with one attached hydrogen (secondary N) is 2. The van der Waals surface area contributed by atoms with E-state index in [9.17, 15) is 5.11 Å². The summed E-state index contributed by atoms with van der Waals surface area (Å²) in [4.78, 5) is 3.40. The lowest BCUT2D eigenvalue weighted by Gasteiger charge is -2.12. The number of ether oxygens (including phenoxy) is 2. The molecule has 4 rings (SSSR count). The second-order valence-corrected chi connectivity index (χ2v) is 7.15. The van der Waals surface area contributed by atoms with Gasteiger partial charge in [-0.2, -0.15) is 0 Å². The predicted molar refractivity (Wildman–Crippen MR) is 122 cm³/mol. The molecule has 0 fully saturated rings. The molecule has 154 valence electrons. The molecular weight excluding hydrogens is 376 g/mol. The Morgan fingerprint density at radius 1 is 1.00 bits per heavy atom. The van der Waals surface area contributed by atoms with Gasteiger partial charge in [-0.15, -0.1) is 0 Å². The SMILES string of the molecule is COc1ccccc1C=CCNCC(O)COc1ccc2c(c1)[nH]c1ccccc12. The quantitative estimate of drug-likeness (QED) is 0.364. The molecular formula is C25H26N2O3. The van der Waals surface area contributed by atoms with Gasteiger partial charge in [-0.25, -0.2) is 0 Å². The van der Waals surface area contributed by atoms with Crippen molar-refractivity contribution in [3.05, 3.63) is 78.4 Å². The molecule has 0 spiro atoms. The maximum atomic E-state index is 10.2. The maximum Gasteiger partial charge on any atom is 0.126 e. The Kier molecular flexibility index (Phi) is 6.32. The first-order valence-electron chi connectivity index (χ1n) is 10.1. The number of benzene rings is 3. The van der Waals surface area contributed by atoms with E-state index in [4.69, 9.17) is 9.47 Å². The average molecular weight is 402 g/mol. The average Bonchev–Trinajstić information content (AvgIpc) is 3.15. The van der Waals surface area contributed by atoms with Crippen molar-refractivity contribution in [2.45, 2.75) is 6.10 Å². The number of hydrogen-bond acceptors (Lipinski definition) is 4. The first kappa shape index (κ1) is 20.0. The number of aromatic amines is 1. The number of H-pyrrole nitrogens is 1. The Morgan fingerprint density at radius 2 is 1.80 bits per heavy atom. The minimum Gasteiger partial charge on any atom is -0.496 e. The molecule has 0 saturated carbocycles. The van der Waals surface area contributed by atoms with Crippen LogP contribution in [-0.4, -0.2) is 43.0 Å². The first-order valence-corrected chi connectivity index (χ1v) is 10.1. The molecule has 30 heavy (non-hydrogen) atoms. The molecule has 5 heteroatoms. The summed E-state index contributed by atoms with van der Waals surface area (Å²) >= 11 is 0. The molecule has 0 aliphatic heterocycles. The third-order valence-electron chi connectivity index (χ3n) is 5.00. The van der Waals surface area contributed by atoms with Gasteiger partial charge in [0.1, 0.15) is 24.2 Å². The summed E-state index contributed by atoms with van der Waals surface area (Å²) < 4.78 is 11.1. The van der Waals surface area contributed by atoms with E-state index in [0.29, 0.717) is 13.1 Å². The summed E-state index contributed by atoms with van der Waals surface area (Å²) in [5, 5.41) is 15.8. The highest BCUT2D eigenvalue weighted by Crippen LogP contribution is 2.28. The lowest BCUT2D eigenvalue weighted by molar-refractivity contribution is 0.107. The lowest BCUT2D eigenvalue weighted by Crippen LogP contribution is -2.31. The van der Waals surface area contributed by atoms with Gasteiger partial charge in [0.25, 0.3) is 0 Å². The van der Waals surface area contributed by atoms with Gasteiger partial charge in [0.2, 0.25) is 0 Å². The fraction of sp³-hybridized carbons (Fsp3) is 0.200. The summed E-state index contributed by atoms with van der Waals surface area (Å²) in [6.07, 6.45) is 3.42. The van der Waals surface area contributed by atoms with E-state index < -0.39 is 6.10 Å². The first-order chi connectivity index (χ1) is 14.7. The van der Waals surface area contributed by atoms with Crippen LogP contribution in [0.5, 0.6) is 11.5 Å². The van der Waals surface area contributed by atoms with Crippen LogP contribution >= 0.6 is 0 Å². The third-order valence-corrected chi connectivity index (χ3v) is 5.00. The molecule has 3 N–H and O–H groups in total. The summed E-state index contributed by atoms with van der Waals surface area (Å²) in [5.41, 5.74) is 3.16. The number of rotatable bonds is 9. The number of fused-ring (bicyclic) bond motifs is 3. The molecule has 0 bridgehead atoms. The Labute approximate surface area is 175 Å². The minimum atomic E-state index is -0.594. The van der Waals surface area contributed by atoms with Crippen molar-refractivity contribution in [2.24, 2.45) is 0 Å². The van der Waals surface area contributed by atoms with Crippen molar-refractivity contribution in [1.29, 1.82) is 0 Å². The number of aliphatic hydroxyl groups excluding tert-OH is 1. The van der Waals surface area contributed by atoms with Crippen LogP contribution in [0.15, 0.2) is 72.8 Å². The monoisotopic (exact) mass is 402 g/mol. The van der Waals surface area contributed by atoms with Gasteiger partial charge < -0.3 is 24.9 Å². The van der Waals surface area contributed by atoms with Crippen LogP contribution in [0.25, 0.3) is 27.9 Å². The number of para-hydroxylation sites is 2. The van der Waals surface area contributed by atoms with E-state index in [1.807, 2.05) is 60.7 Å². The van der Waals surface area contributed by atoms with Crippen LogP contribution in [0, 0.1) is 0 Å². The van der Waals surface area contributed by atoms with Crippen LogP contribution in [-0.2, 0) is 0 Å². The molecule has 1 unspecified atom stereocenters. The van der Waals surface area contributed by atoms with Crippen molar-refractivity contribution in [3.8, 4) is 11.5 Å². The maximum absolute atomic E-state index is 10.2. The molecule has 0 saturated heterocycles. The standard InChI is InChI=1S/C25H26N2O3/c1-29-25-11-5-2-7-18(25)8-6-14-26-16-19(28)17-30-20-12-13-22-21-9-3-4-10-23(21)27-24(22)15-20/h2-13,15,19,26-28H,14,16-17H2,1H3. The van der Waals surface area contributed by atoms with E-state index in [0.717, 1.165) is 28.1 Å². The highest BCUT2D eigenvalue weighted by Gasteiger charge is 2.07. The van der Waals surface area contributed by atoms with Crippen LogP contribution in [0.4, 0.5) is 0 Å². The second kappa shape index (κ2) is 9.48. The van der Waals surface area contributed by atoms with E-state index in [1.54, 1.807) is 7.11 Å². The molecule has 1 heterocycles. The van der Waals surface area contributed by atoms with E-state index in [2.05, 4.69) is 28.5 Å². The molecule has 5 nitrogen and oxygen atoms in total. The van der Waals surface area contributed by atoms with Crippen molar-refractivity contribution < 1.29 is 14.6 Å². The molecule has 0 amide bonds. The van der Waals surface area contributed by atoms with Gasteiger partial charge in [0, 0.05) is 41.0 Å². The fourth-order valence-electron chi connectivity index (χ4n) is 3.50. The van der Waals surface area contributed by atoms with Gasteiger partial charge in [0.05, 0.1) is 12.6 Å². The van der Waals surface area contributed by atoms with E-state index >= 15 is 0 Å². The summed E-state index contributed by atoms with van der Waals surface area (Å²) in [7, 11) is 1.66. The summed E-state index contributed by atoms with van der Waals surface area (Å²) in [6, 6.07) is 22.0. The van der Waals surface area contributed by atoms with Crippen molar-refractivity contribution >= 4 is 27.9 Å². The Morgan fingerprint density at radius 3 is 2.70 bits per heavy atom. The van der Waals surface area contributed by atoms with Crippen LogP contribution in [0.1, 0.15) is 5.56 Å². The molecule has 0 radical (unpaired) electrons. The third kappa shape index (κ3) is 4.64. The molecule has 0 aliphatic carbocycles.